The van der Waals surface area contributed by atoms with E-state index in [1.54, 1.807) is 25.3 Å². The Morgan fingerprint density at radius 3 is 2.55 bits per heavy atom. The van der Waals surface area contributed by atoms with Gasteiger partial charge in [-0.3, -0.25) is 14.9 Å². The standard InChI is InChI=1S/C16H16N2O4/c1-22-11-13-3-2-4-14(9-13)17-16(19)10-12-5-7-15(8-6-12)18(20)21/h2-9H,10-11H2,1H3,(H,17,19). The highest BCUT2D eigenvalue weighted by atomic mass is 16.6. The smallest absolute Gasteiger partial charge is 0.269 e. The molecule has 2 aromatic carbocycles. The van der Waals surface area contributed by atoms with Crippen LogP contribution in [-0.4, -0.2) is 17.9 Å². The van der Waals surface area contributed by atoms with Crippen LogP contribution in [0, 0.1) is 10.1 Å². The number of nitro benzene ring substituents is 1. The third-order valence-corrected chi connectivity index (χ3v) is 3.03. The van der Waals surface area contributed by atoms with Gasteiger partial charge in [-0.15, -0.1) is 0 Å². The summed E-state index contributed by atoms with van der Waals surface area (Å²) in [4.78, 5) is 22.1. The van der Waals surface area contributed by atoms with Crippen molar-refractivity contribution in [2.75, 3.05) is 12.4 Å². The Hall–Kier alpha value is -2.73. The fraction of sp³-hybridized carbons (Fsp3) is 0.188. The molecule has 0 aliphatic rings. The predicted octanol–water partition coefficient (Wildman–Crippen LogP) is 2.92. The second-order valence-electron chi connectivity index (χ2n) is 4.78. The normalized spacial score (nSPS) is 10.2. The minimum absolute atomic E-state index is 0.0106. The number of carbonyl (C=O) groups is 1. The zero-order chi connectivity index (χ0) is 15.9. The van der Waals surface area contributed by atoms with E-state index in [9.17, 15) is 14.9 Å². The van der Waals surface area contributed by atoms with E-state index in [2.05, 4.69) is 5.32 Å². The number of carbonyl (C=O) groups excluding carboxylic acids is 1. The molecule has 0 bridgehead atoms. The first kappa shape index (κ1) is 15.7. The molecular weight excluding hydrogens is 284 g/mol. The number of benzene rings is 2. The van der Waals surface area contributed by atoms with Crippen LogP contribution in [0.25, 0.3) is 0 Å². The lowest BCUT2D eigenvalue weighted by Gasteiger charge is -2.07. The van der Waals surface area contributed by atoms with Crippen molar-refractivity contribution in [2.24, 2.45) is 0 Å². The molecule has 6 nitrogen and oxygen atoms in total. The summed E-state index contributed by atoms with van der Waals surface area (Å²) in [6, 6.07) is 13.3. The van der Waals surface area contributed by atoms with Gasteiger partial charge in [0.15, 0.2) is 0 Å². The quantitative estimate of drug-likeness (QED) is 0.657. The summed E-state index contributed by atoms with van der Waals surface area (Å²) in [5, 5.41) is 13.4. The van der Waals surface area contributed by atoms with E-state index in [1.165, 1.54) is 12.1 Å². The molecule has 2 aromatic rings. The van der Waals surface area contributed by atoms with E-state index in [4.69, 9.17) is 4.74 Å². The minimum atomic E-state index is -0.467. The topological polar surface area (TPSA) is 81.5 Å². The van der Waals surface area contributed by atoms with Gasteiger partial charge in [0.25, 0.3) is 5.69 Å². The highest BCUT2D eigenvalue weighted by molar-refractivity contribution is 5.92. The molecule has 2 rings (SSSR count). The van der Waals surface area contributed by atoms with Crippen molar-refractivity contribution in [1.82, 2.24) is 0 Å². The second kappa shape index (κ2) is 7.33. The Morgan fingerprint density at radius 2 is 1.91 bits per heavy atom. The molecule has 6 heteroatoms. The maximum atomic E-state index is 12.0. The summed E-state index contributed by atoms with van der Waals surface area (Å²) in [5.74, 6) is -0.177. The SMILES string of the molecule is COCc1cccc(NC(=O)Cc2ccc([N+](=O)[O-])cc2)c1. The number of ether oxygens (including phenoxy) is 1. The van der Waals surface area contributed by atoms with E-state index in [-0.39, 0.29) is 18.0 Å². The number of rotatable bonds is 6. The first-order valence-corrected chi connectivity index (χ1v) is 6.69. The van der Waals surface area contributed by atoms with Crippen molar-refractivity contribution in [2.45, 2.75) is 13.0 Å². The number of nitrogens with one attached hydrogen (secondary N) is 1. The Kier molecular flexibility index (Phi) is 5.21. The molecule has 0 spiro atoms. The maximum Gasteiger partial charge on any atom is 0.269 e. The van der Waals surface area contributed by atoms with Crippen LogP contribution < -0.4 is 5.32 Å². The number of methoxy groups -OCH3 is 1. The lowest BCUT2D eigenvalue weighted by molar-refractivity contribution is -0.384. The van der Waals surface area contributed by atoms with Gasteiger partial charge >= 0.3 is 0 Å². The molecule has 0 aromatic heterocycles. The summed E-state index contributed by atoms with van der Waals surface area (Å²) in [6.07, 6.45) is 0.159. The minimum Gasteiger partial charge on any atom is -0.380 e. The van der Waals surface area contributed by atoms with Gasteiger partial charge in [-0.05, 0) is 23.3 Å². The molecular formula is C16H16N2O4. The van der Waals surface area contributed by atoms with Gasteiger partial charge in [0.1, 0.15) is 0 Å². The van der Waals surface area contributed by atoms with E-state index in [1.807, 2.05) is 18.2 Å². The highest BCUT2D eigenvalue weighted by Crippen LogP contribution is 2.14. The summed E-state index contributed by atoms with van der Waals surface area (Å²) < 4.78 is 5.05. The number of nitro groups is 1. The van der Waals surface area contributed by atoms with E-state index < -0.39 is 4.92 Å². The molecule has 22 heavy (non-hydrogen) atoms. The number of hydrogen-bond acceptors (Lipinski definition) is 4. The van der Waals surface area contributed by atoms with E-state index in [0.29, 0.717) is 12.3 Å². The first-order valence-electron chi connectivity index (χ1n) is 6.69. The summed E-state index contributed by atoms with van der Waals surface area (Å²) in [5.41, 5.74) is 2.39. The summed E-state index contributed by atoms with van der Waals surface area (Å²) >= 11 is 0. The number of anilines is 1. The predicted molar refractivity (Wildman–Crippen MR) is 82.6 cm³/mol. The van der Waals surface area contributed by atoms with Crippen molar-refractivity contribution >= 4 is 17.3 Å². The van der Waals surface area contributed by atoms with Gasteiger partial charge < -0.3 is 10.1 Å². The number of nitrogens with zero attached hydrogens (tertiary/aromatic N) is 1. The number of non-ortho nitro benzene ring substituents is 1. The van der Waals surface area contributed by atoms with Gasteiger partial charge in [-0.1, -0.05) is 24.3 Å². The molecule has 0 aliphatic heterocycles. The maximum absolute atomic E-state index is 12.0. The summed E-state index contributed by atoms with van der Waals surface area (Å²) in [6.45, 7) is 0.478. The molecule has 0 saturated heterocycles. The molecule has 1 N–H and O–H groups in total. The molecule has 0 radical (unpaired) electrons. The molecule has 0 aliphatic carbocycles. The fourth-order valence-corrected chi connectivity index (χ4v) is 2.03. The average molecular weight is 300 g/mol. The van der Waals surface area contributed by atoms with Crippen LogP contribution in [-0.2, 0) is 22.6 Å². The van der Waals surface area contributed by atoms with Crippen LogP contribution in [0.3, 0.4) is 0 Å². The highest BCUT2D eigenvalue weighted by Gasteiger charge is 2.08. The third-order valence-electron chi connectivity index (χ3n) is 3.03. The Morgan fingerprint density at radius 1 is 1.18 bits per heavy atom. The van der Waals surface area contributed by atoms with E-state index in [0.717, 1.165) is 11.1 Å². The molecule has 0 saturated carbocycles. The fourth-order valence-electron chi connectivity index (χ4n) is 2.03. The van der Waals surface area contributed by atoms with Crippen molar-refractivity contribution in [3.05, 3.63) is 69.8 Å². The summed E-state index contributed by atoms with van der Waals surface area (Å²) in [7, 11) is 1.61. The lowest BCUT2D eigenvalue weighted by Crippen LogP contribution is -2.14. The monoisotopic (exact) mass is 300 g/mol. The van der Waals surface area contributed by atoms with Crippen LogP contribution in [0.5, 0.6) is 0 Å². The van der Waals surface area contributed by atoms with Gasteiger partial charge in [0.05, 0.1) is 18.0 Å². The van der Waals surface area contributed by atoms with Crippen molar-refractivity contribution in [3.8, 4) is 0 Å². The lowest BCUT2D eigenvalue weighted by atomic mass is 10.1. The van der Waals surface area contributed by atoms with Gasteiger partial charge in [-0.2, -0.15) is 0 Å². The van der Waals surface area contributed by atoms with Gasteiger partial charge in [0, 0.05) is 24.9 Å². The van der Waals surface area contributed by atoms with Crippen LogP contribution >= 0.6 is 0 Å². The number of hydrogen-bond donors (Lipinski definition) is 1. The Bertz CT molecular complexity index is 668. The molecule has 0 unspecified atom stereocenters. The van der Waals surface area contributed by atoms with Crippen LogP contribution in [0.2, 0.25) is 0 Å². The van der Waals surface area contributed by atoms with Crippen LogP contribution in [0.4, 0.5) is 11.4 Å². The van der Waals surface area contributed by atoms with Crippen molar-refractivity contribution in [1.29, 1.82) is 0 Å². The molecule has 1 amide bonds. The zero-order valence-corrected chi connectivity index (χ0v) is 12.1. The molecule has 0 fully saturated rings. The third kappa shape index (κ3) is 4.39. The largest absolute Gasteiger partial charge is 0.380 e. The molecule has 114 valence electrons. The van der Waals surface area contributed by atoms with Crippen LogP contribution in [0.15, 0.2) is 48.5 Å². The van der Waals surface area contributed by atoms with Crippen LogP contribution in [0.1, 0.15) is 11.1 Å². The molecule has 0 heterocycles. The van der Waals surface area contributed by atoms with E-state index >= 15 is 0 Å². The average Bonchev–Trinajstić information content (AvgIpc) is 2.48. The Labute approximate surface area is 127 Å². The zero-order valence-electron chi connectivity index (χ0n) is 12.1. The second-order valence-corrected chi connectivity index (χ2v) is 4.78. The Balaban J connectivity index is 1.97. The molecule has 0 atom stereocenters. The first-order chi connectivity index (χ1) is 10.6. The van der Waals surface area contributed by atoms with Gasteiger partial charge in [-0.25, -0.2) is 0 Å². The van der Waals surface area contributed by atoms with Crippen molar-refractivity contribution in [3.63, 3.8) is 0 Å². The van der Waals surface area contributed by atoms with Gasteiger partial charge in [0.2, 0.25) is 5.91 Å². The number of amides is 1. The van der Waals surface area contributed by atoms with Crippen molar-refractivity contribution < 1.29 is 14.5 Å².